The van der Waals surface area contributed by atoms with Gasteiger partial charge in [0.15, 0.2) is 0 Å². The molecule has 4 rings (SSSR count). The number of alkyl halides is 1. The van der Waals surface area contributed by atoms with Crippen molar-refractivity contribution in [2.75, 3.05) is 129 Å². The van der Waals surface area contributed by atoms with Crippen LogP contribution >= 0.6 is 22.6 Å². The van der Waals surface area contributed by atoms with E-state index in [1.165, 1.54) is 4.43 Å². The van der Waals surface area contributed by atoms with Crippen LogP contribution in [0.5, 0.6) is 0 Å². The van der Waals surface area contributed by atoms with E-state index in [0.29, 0.717) is 39.6 Å². The molecule has 0 aromatic carbocycles. The Morgan fingerprint density at radius 2 is 0.883 bits per heavy atom. The molecule has 0 bridgehead atoms. The number of halogens is 1. The second-order valence-electron chi connectivity index (χ2n) is 14.0. The first-order chi connectivity index (χ1) is 27.9. The van der Waals surface area contributed by atoms with Crippen LogP contribution in [0.15, 0.2) is 0 Å². The Balaban J connectivity index is 0. The van der Waals surface area contributed by atoms with Gasteiger partial charge < -0.3 is 71.1 Å². The Hall–Kier alpha value is 0.180. The topological polar surface area (TPSA) is 151 Å². The molecule has 4 fully saturated rings. The summed E-state index contributed by atoms with van der Waals surface area (Å²) in [6.07, 6.45) is -1.49. The molecule has 0 saturated carbocycles. The molecule has 0 N–H and O–H groups in total. The molecule has 356 valence electrons. The lowest BCUT2D eigenvalue weighted by atomic mass is 9.87. The zero-order valence-electron chi connectivity index (χ0n) is 37.4. The smallest absolute Gasteiger partial charge is 0.114 e. The summed E-state index contributed by atoms with van der Waals surface area (Å²) in [6, 6.07) is -1.04. The van der Waals surface area contributed by atoms with Crippen molar-refractivity contribution in [1.82, 2.24) is 5.06 Å². The second kappa shape index (κ2) is 35.4. The molecule has 60 heavy (non-hydrogen) atoms. The number of ether oxygens (including phenoxy) is 15. The van der Waals surface area contributed by atoms with Gasteiger partial charge in [-0.3, -0.25) is 4.84 Å². The van der Waals surface area contributed by atoms with E-state index in [2.05, 4.69) is 29.5 Å². The highest BCUT2D eigenvalue weighted by molar-refractivity contribution is 14.1. The van der Waals surface area contributed by atoms with E-state index in [1.54, 1.807) is 76.2 Å². The molecule has 0 aromatic rings. The Morgan fingerprint density at radius 3 is 1.33 bits per heavy atom. The summed E-state index contributed by atoms with van der Waals surface area (Å²) in [7, 11) is 30.2. The van der Waals surface area contributed by atoms with E-state index in [-0.39, 0.29) is 107 Å². The third-order valence-corrected chi connectivity index (χ3v) is 10.1. The molecule has 3 unspecified atom stereocenters. The van der Waals surface area contributed by atoms with Gasteiger partial charge in [-0.05, 0) is 18.3 Å². The van der Waals surface area contributed by atoms with Crippen LogP contribution in [0.1, 0.15) is 35.6 Å². The molecule has 4 saturated heterocycles. The van der Waals surface area contributed by atoms with E-state index >= 15 is 0 Å². The lowest BCUT2D eigenvalue weighted by Gasteiger charge is -2.28. The molecule has 4 heterocycles. The van der Waals surface area contributed by atoms with Crippen LogP contribution in [0.25, 0.3) is 0 Å². The number of hydrogen-bond donors (Lipinski definition) is 0. The molecule has 17 nitrogen and oxygen atoms in total. The Labute approximate surface area is 379 Å². The first kappa shape index (κ1) is 62.3. The van der Waals surface area contributed by atoms with Gasteiger partial charge in [0.05, 0.1) is 64.1 Å². The molecule has 0 aromatic heterocycles. The van der Waals surface area contributed by atoms with Crippen LogP contribution in [-0.4, -0.2) is 241 Å². The minimum atomic E-state index is -0.547. The molecule has 0 amide bonds. The van der Waals surface area contributed by atoms with E-state index < -0.39 is 12.0 Å². The number of methoxy groups -OCH3 is 10. The molecule has 16 atom stereocenters. The van der Waals surface area contributed by atoms with Gasteiger partial charge in [0, 0.05) is 103 Å². The standard InChI is InChI=1S/C16H29B2NO7.C11H22O5.C9H18O4.C2H5I.2CH4/c1-19(6-9-10(7-20-2)25-15(17)12(9)21-3)24-8-11-13(22-4)14(23-5)16(18)26-11;1-8-10(15-6-5-12-2)11(14-4)9(16-8)7-13-3;1-6-8(11-3)9(12-4)7(13-6)5-10-2;1-2-3;;/h9-16H,6-8H2,1-5H3;8-11H,5-7H2,1-4H3;6-9H,5H2,1-4H3;2H2,1H3;2*1H4/t9-,10-,11?,12-,13-,14-,15-,16-;8-,9?,10-,11+;6-,7?,8-,9+;;;/m100.../s1. The fourth-order valence-corrected chi connectivity index (χ4v) is 7.50. The molecule has 20 heteroatoms. The summed E-state index contributed by atoms with van der Waals surface area (Å²) in [4.78, 5) is 5.84. The SMILES string of the molecule is C.C.CCI.COCC1O[C@@H](C)[C@H](OC)[C@@H]1OC.COCCO[C@H]1[C@H](C)OC(COC)[C@H]1OC.[B][C@@H]1O[C@H](COC)[C@@H](CN(C)OCC2O[C@@H]([B])[C@H](OC)[C@@H]2OC)[C@H]1OC. The van der Waals surface area contributed by atoms with Crippen molar-refractivity contribution in [3.63, 3.8) is 0 Å². The van der Waals surface area contributed by atoms with Gasteiger partial charge in [0.25, 0.3) is 0 Å². The van der Waals surface area contributed by atoms with E-state index in [9.17, 15) is 0 Å². The second-order valence-corrected chi connectivity index (χ2v) is 15.5. The molecule has 4 aliphatic rings. The Bertz CT molecular complexity index is 1010. The predicted octanol–water partition coefficient (Wildman–Crippen LogP) is 2.57. The summed E-state index contributed by atoms with van der Waals surface area (Å²) in [5.41, 5.74) is 0. The maximum atomic E-state index is 6.01. The molecule has 4 aliphatic heterocycles. The van der Waals surface area contributed by atoms with Crippen molar-refractivity contribution < 1.29 is 75.9 Å². The van der Waals surface area contributed by atoms with Gasteiger partial charge in [-0.2, -0.15) is 5.06 Å². The van der Waals surface area contributed by atoms with Crippen LogP contribution in [0.3, 0.4) is 0 Å². The fourth-order valence-electron chi connectivity index (χ4n) is 7.50. The average Bonchev–Trinajstić information content (AvgIpc) is 3.89. The molecular formula is C40H82B2INO16. The lowest BCUT2D eigenvalue weighted by Crippen LogP contribution is -2.42. The monoisotopic (exact) mass is 981 g/mol. The minimum absolute atomic E-state index is 0. The van der Waals surface area contributed by atoms with Gasteiger partial charge in [-0.1, -0.05) is 44.4 Å². The highest BCUT2D eigenvalue weighted by Gasteiger charge is 2.46. The maximum absolute atomic E-state index is 6.01. The largest absolute Gasteiger partial charge is 0.382 e. The normalized spacial score (nSPS) is 35.7. The van der Waals surface area contributed by atoms with Gasteiger partial charge in [0.1, 0.15) is 70.6 Å². The van der Waals surface area contributed by atoms with Gasteiger partial charge in [0.2, 0.25) is 0 Å². The molecule has 0 aliphatic carbocycles. The Kier molecular flexibility index (Phi) is 36.8. The highest BCUT2D eigenvalue weighted by Crippen LogP contribution is 2.30. The van der Waals surface area contributed by atoms with E-state index in [0.717, 1.165) is 0 Å². The zero-order valence-corrected chi connectivity index (χ0v) is 39.6. The molecule has 4 radical (unpaired) electrons. The van der Waals surface area contributed by atoms with Crippen LogP contribution in [-0.2, 0) is 75.9 Å². The van der Waals surface area contributed by atoms with Crippen LogP contribution < -0.4 is 0 Å². The summed E-state index contributed by atoms with van der Waals surface area (Å²) < 4.78 is 82.4. The number of nitrogens with zero attached hydrogens (tertiary/aromatic N) is 1. The first-order valence-electron chi connectivity index (χ1n) is 19.6. The summed E-state index contributed by atoms with van der Waals surface area (Å²) >= 11 is 2.29. The van der Waals surface area contributed by atoms with Crippen molar-refractivity contribution in [1.29, 1.82) is 0 Å². The number of hydrogen-bond acceptors (Lipinski definition) is 17. The van der Waals surface area contributed by atoms with E-state index in [4.69, 9.17) is 91.6 Å². The first-order valence-corrected chi connectivity index (χ1v) is 21.2. The quantitative estimate of drug-likeness (QED) is 0.0545. The third kappa shape index (κ3) is 19.3. The predicted molar refractivity (Wildman–Crippen MR) is 240 cm³/mol. The van der Waals surface area contributed by atoms with Gasteiger partial charge >= 0.3 is 0 Å². The van der Waals surface area contributed by atoms with Crippen molar-refractivity contribution in [2.45, 2.75) is 127 Å². The van der Waals surface area contributed by atoms with Gasteiger partial charge in [-0.25, -0.2) is 0 Å². The minimum Gasteiger partial charge on any atom is -0.382 e. The summed E-state index contributed by atoms with van der Waals surface area (Å²) in [5, 5.41) is 1.72. The number of rotatable bonds is 21. The van der Waals surface area contributed by atoms with Crippen molar-refractivity contribution in [3.8, 4) is 0 Å². The lowest BCUT2D eigenvalue weighted by molar-refractivity contribution is -0.186. The average molecular weight is 982 g/mol. The van der Waals surface area contributed by atoms with Crippen molar-refractivity contribution in [2.24, 2.45) is 5.92 Å². The molecular weight excluding hydrogens is 899 g/mol. The van der Waals surface area contributed by atoms with Crippen LogP contribution in [0, 0.1) is 5.92 Å². The maximum Gasteiger partial charge on any atom is 0.114 e. The fraction of sp³-hybridized carbons (Fsp3) is 1.00. The zero-order chi connectivity index (χ0) is 43.8. The summed E-state index contributed by atoms with van der Waals surface area (Å²) in [6.45, 7) is 9.56. The van der Waals surface area contributed by atoms with Crippen molar-refractivity contribution >= 4 is 38.3 Å². The highest BCUT2D eigenvalue weighted by atomic mass is 127. The Morgan fingerprint density at radius 1 is 0.500 bits per heavy atom. The van der Waals surface area contributed by atoms with Gasteiger partial charge in [-0.15, -0.1) is 0 Å². The van der Waals surface area contributed by atoms with E-state index in [1.807, 2.05) is 20.9 Å². The van der Waals surface area contributed by atoms with Crippen LogP contribution in [0.2, 0.25) is 0 Å². The molecule has 0 spiro atoms. The van der Waals surface area contributed by atoms with Crippen LogP contribution in [0.4, 0.5) is 0 Å². The van der Waals surface area contributed by atoms with Crippen molar-refractivity contribution in [3.05, 3.63) is 0 Å². The third-order valence-electron chi connectivity index (χ3n) is 10.1. The summed E-state index contributed by atoms with van der Waals surface area (Å²) in [5.74, 6) is 0.0108. The number of hydroxylamine groups is 2.